The lowest BCUT2D eigenvalue weighted by atomic mass is 9.64. The van der Waals surface area contributed by atoms with Crippen LogP contribution in [0.2, 0.25) is 0 Å². The molecule has 10 nitrogen and oxygen atoms in total. The summed E-state index contributed by atoms with van der Waals surface area (Å²) in [5.74, 6) is 1.92. The van der Waals surface area contributed by atoms with Gasteiger partial charge in [0.1, 0.15) is 18.1 Å². The fourth-order valence-electron chi connectivity index (χ4n) is 6.23. The number of likely N-dealkylation sites (tertiary alicyclic amines) is 1. The second kappa shape index (κ2) is 9.64. The summed E-state index contributed by atoms with van der Waals surface area (Å²) in [5.41, 5.74) is 2.41. The number of carbonyl (C=O) groups excluding carboxylic acids is 1. The van der Waals surface area contributed by atoms with Gasteiger partial charge in [-0.3, -0.25) is 14.4 Å². The standard InChI is InChI=1S/C27H34N6O4/c1-32-15-18(35-3)13-17(32)16-36-23-14-21(20-9-12-33(2)30-20)28-26(29-23)24-19-7-6-11-27(25(19)37-31-24)10-5-4-8-22(27)34/h9,12,14,17-18H,4-8,10-11,13,15-16H2,1-3H3/t17-,18+,27+/m0/s1. The Kier molecular flexibility index (Phi) is 6.32. The van der Waals surface area contributed by atoms with E-state index in [2.05, 4.69) is 22.2 Å². The molecular formula is C27H34N6O4. The Morgan fingerprint density at radius 3 is 2.76 bits per heavy atom. The Labute approximate surface area is 216 Å². The molecule has 3 aromatic rings. The van der Waals surface area contributed by atoms with Gasteiger partial charge in [-0.05, 0) is 51.6 Å². The molecule has 3 aliphatic rings. The number of nitrogens with zero attached hydrogens (tertiary/aromatic N) is 6. The molecule has 6 rings (SSSR count). The molecule has 3 atom stereocenters. The van der Waals surface area contributed by atoms with Crippen LogP contribution in [0.3, 0.4) is 0 Å². The topological polar surface area (TPSA) is 108 Å². The molecule has 0 bridgehead atoms. The van der Waals surface area contributed by atoms with E-state index in [0.29, 0.717) is 36.1 Å². The first-order valence-corrected chi connectivity index (χ1v) is 13.2. The van der Waals surface area contributed by atoms with Crippen molar-refractivity contribution in [3.8, 4) is 28.8 Å². The van der Waals surface area contributed by atoms with E-state index in [0.717, 1.165) is 68.5 Å². The van der Waals surface area contributed by atoms with E-state index in [9.17, 15) is 4.79 Å². The number of ketones is 1. The van der Waals surface area contributed by atoms with Crippen LogP contribution in [0, 0.1) is 0 Å². The van der Waals surface area contributed by atoms with Crippen LogP contribution in [0.5, 0.6) is 5.88 Å². The number of hydrogen-bond acceptors (Lipinski definition) is 9. The van der Waals surface area contributed by atoms with Crippen LogP contribution in [0.1, 0.15) is 56.3 Å². The van der Waals surface area contributed by atoms with Gasteiger partial charge in [0, 0.05) is 51.0 Å². The molecule has 0 amide bonds. The van der Waals surface area contributed by atoms with Gasteiger partial charge >= 0.3 is 0 Å². The van der Waals surface area contributed by atoms with Crippen molar-refractivity contribution >= 4 is 5.78 Å². The van der Waals surface area contributed by atoms with Crippen LogP contribution in [0.4, 0.5) is 0 Å². The van der Waals surface area contributed by atoms with Crippen LogP contribution in [0.15, 0.2) is 22.9 Å². The monoisotopic (exact) mass is 506 g/mol. The van der Waals surface area contributed by atoms with E-state index in [1.165, 1.54) is 0 Å². The van der Waals surface area contributed by atoms with E-state index in [-0.39, 0.29) is 17.9 Å². The third-order valence-electron chi connectivity index (χ3n) is 8.34. The Bertz CT molecular complexity index is 1300. The first-order chi connectivity index (χ1) is 18.0. The normalized spacial score (nSPS) is 26.1. The molecule has 10 heteroatoms. The average molecular weight is 507 g/mol. The number of hydrogen-bond donors (Lipinski definition) is 0. The molecule has 0 N–H and O–H groups in total. The predicted molar refractivity (Wildman–Crippen MR) is 135 cm³/mol. The highest BCUT2D eigenvalue weighted by Crippen LogP contribution is 2.47. The van der Waals surface area contributed by atoms with E-state index < -0.39 is 5.41 Å². The van der Waals surface area contributed by atoms with Crippen molar-refractivity contribution < 1.29 is 18.8 Å². The molecule has 3 aromatic heterocycles. The van der Waals surface area contributed by atoms with Crippen LogP contribution in [0.25, 0.3) is 22.9 Å². The van der Waals surface area contributed by atoms with Gasteiger partial charge in [0.25, 0.3) is 0 Å². The maximum atomic E-state index is 13.1. The van der Waals surface area contributed by atoms with Crippen molar-refractivity contribution in [3.05, 3.63) is 29.7 Å². The summed E-state index contributed by atoms with van der Waals surface area (Å²) in [4.78, 5) is 25.0. The SMILES string of the molecule is CO[C@@H]1C[C@@H](COc2cc(-c3ccn(C)n3)nc(-c3noc4c3CCC[C@@]43CCCCC3=O)n2)N(C)C1. The van der Waals surface area contributed by atoms with Gasteiger partial charge in [0.05, 0.1) is 17.2 Å². The van der Waals surface area contributed by atoms with Crippen LogP contribution in [-0.2, 0) is 28.4 Å². The molecule has 1 saturated carbocycles. The molecule has 0 unspecified atom stereocenters. The number of carbonyl (C=O) groups is 1. The Morgan fingerprint density at radius 1 is 1.14 bits per heavy atom. The highest BCUT2D eigenvalue weighted by molar-refractivity contribution is 5.91. The number of fused-ring (bicyclic) bond motifs is 2. The number of likely N-dealkylation sites (N-methyl/N-ethyl adjacent to an activating group) is 1. The summed E-state index contributed by atoms with van der Waals surface area (Å²) in [5, 5.41) is 8.98. The third kappa shape index (κ3) is 4.35. The third-order valence-corrected chi connectivity index (χ3v) is 8.34. The lowest BCUT2D eigenvalue weighted by molar-refractivity contribution is -0.128. The largest absolute Gasteiger partial charge is 0.476 e. The number of rotatable bonds is 6. The summed E-state index contributed by atoms with van der Waals surface area (Å²) < 4.78 is 19.5. The highest BCUT2D eigenvalue weighted by atomic mass is 16.5. The van der Waals surface area contributed by atoms with Crippen molar-refractivity contribution in [2.75, 3.05) is 27.3 Å². The number of ether oxygens (including phenoxy) is 2. The molecule has 1 spiro atoms. The van der Waals surface area contributed by atoms with Crippen LogP contribution in [-0.4, -0.2) is 75.0 Å². The lowest BCUT2D eigenvalue weighted by Crippen LogP contribution is -2.41. The minimum atomic E-state index is -0.542. The minimum absolute atomic E-state index is 0.208. The smallest absolute Gasteiger partial charge is 0.217 e. The van der Waals surface area contributed by atoms with Gasteiger partial charge in [-0.2, -0.15) is 10.1 Å². The molecular weight excluding hydrogens is 472 g/mol. The number of aromatic nitrogens is 5. The molecule has 1 aliphatic heterocycles. The summed E-state index contributed by atoms with van der Waals surface area (Å²) >= 11 is 0. The molecule has 2 aliphatic carbocycles. The minimum Gasteiger partial charge on any atom is -0.476 e. The first-order valence-electron chi connectivity index (χ1n) is 13.2. The lowest BCUT2D eigenvalue weighted by Gasteiger charge is -2.36. The average Bonchev–Trinajstić information content (AvgIpc) is 3.63. The second-order valence-corrected chi connectivity index (χ2v) is 10.7. The molecule has 4 heterocycles. The first kappa shape index (κ1) is 24.2. The maximum absolute atomic E-state index is 13.1. The van der Waals surface area contributed by atoms with Gasteiger partial charge < -0.3 is 14.0 Å². The van der Waals surface area contributed by atoms with E-state index >= 15 is 0 Å². The van der Waals surface area contributed by atoms with Crippen molar-refractivity contribution in [2.24, 2.45) is 7.05 Å². The summed E-state index contributed by atoms with van der Waals surface area (Å²) in [6, 6.07) is 3.98. The zero-order valence-electron chi connectivity index (χ0n) is 21.8. The van der Waals surface area contributed by atoms with E-state index in [1.54, 1.807) is 11.8 Å². The molecule has 1 saturated heterocycles. The van der Waals surface area contributed by atoms with E-state index in [1.807, 2.05) is 25.4 Å². The Balaban J connectivity index is 1.36. The quantitative estimate of drug-likeness (QED) is 0.497. The van der Waals surface area contributed by atoms with Gasteiger partial charge in [0.15, 0.2) is 17.3 Å². The van der Waals surface area contributed by atoms with Crippen LogP contribution >= 0.6 is 0 Å². The summed E-state index contributed by atoms with van der Waals surface area (Å²) in [6.45, 7) is 1.37. The zero-order chi connectivity index (χ0) is 25.6. The molecule has 2 fully saturated rings. The van der Waals surface area contributed by atoms with Gasteiger partial charge in [-0.15, -0.1) is 0 Å². The molecule has 196 valence electrons. The fourth-order valence-corrected chi connectivity index (χ4v) is 6.23. The number of methoxy groups -OCH3 is 1. The van der Waals surface area contributed by atoms with Crippen molar-refractivity contribution in [3.63, 3.8) is 0 Å². The van der Waals surface area contributed by atoms with Crippen molar-refractivity contribution in [2.45, 2.75) is 68.9 Å². The Morgan fingerprint density at radius 2 is 2.00 bits per heavy atom. The predicted octanol–water partition coefficient (Wildman–Crippen LogP) is 3.35. The van der Waals surface area contributed by atoms with E-state index in [4.69, 9.17) is 24.0 Å². The highest BCUT2D eigenvalue weighted by Gasteiger charge is 2.48. The molecule has 0 radical (unpaired) electrons. The van der Waals surface area contributed by atoms with Crippen molar-refractivity contribution in [1.82, 2.24) is 29.8 Å². The molecule has 37 heavy (non-hydrogen) atoms. The second-order valence-electron chi connectivity index (χ2n) is 10.7. The van der Waals surface area contributed by atoms with Gasteiger partial charge in [-0.1, -0.05) is 11.6 Å². The van der Waals surface area contributed by atoms with Gasteiger partial charge in [-0.25, -0.2) is 4.98 Å². The Hall–Kier alpha value is -3.11. The number of aryl methyl sites for hydroxylation is 1. The molecule has 0 aromatic carbocycles. The number of Topliss-reactive ketones (excluding diaryl/α,β-unsaturated/α-hetero) is 1. The summed E-state index contributed by atoms with van der Waals surface area (Å²) in [7, 11) is 5.71. The maximum Gasteiger partial charge on any atom is 0.217 e. The van der Waals surface area contributed by atoms with Crippen LogP contribution < -0.4 is 4.74 Å². The van der Waals surface area contributed by atoms with Crippen molar-refractivity contribution in [1.29, 1.82) is 0 Å². The van der Waals surface area contributed by atoms with Gasteiger partial charge in [0.2, 0.25) is 5.88 Å². The zero-order valence-corrected chi connectivity index (χ0v) is 21.8. The fraction of sp³-hybridized carbons (Fsp3) is 0.593. The summed E-state index contributed by atoms with van der Waals surface area (Å²) in [6.07, 6.45) is 8.96.